The minimum absolute atomic E-state index is 0.200. The summed E-state index contributed by atoms with van der Waals surface area (Å²) in [6.07, 6.45) is -30.5. The van der Waals surface area contributed by atoms with Crippen LogP contribution in [0.2, 0.25) is 0 Å². The first-order valence-electron chi connectivity index (χ1n) is 29.7. The number of allylic oxidation sites excluding steroid dienone is 2. The van der Waals surface area contributed by atoms with Crippen molar-refractivity contribution in [2.24, 2.45) is 33.5 Å². The highest BCUT2D eigenvalue weighted by atomic mass is 16.8. The molecule has 0 bridgehead atoms. The second-order valence-electron chi connectivity index (χ2n) is 26.3. The molecule has 6 heterocycles. The van der Waals surface area contributed by atoms with Gasteiger partial charge in [0, 0.05) is 10.8 Å². The van der Waals surface area contributed by atoms with Crippen LogP contribution >= 0.6 is 0 Å². The van der Waals surface area contributed by atoms with Crippen LogP contribution in [-0.4, -0.2) is 287 Å². The van der Waals surface area contributed by atoms with Crippen LogP contribution < -0.4 is 0 Å². The van der Waals surface area contributed by atoms with Crippen LogP contribution in [0.25, 0.3) is 0 Å². The van der Waals surface area contributed by atoms with Crippen molar-refractivity contribution in [3.8, 4) is 0 Å². The topological polar surface area (TPSA) is 425 Å². The van der Waals surface area contributed by atoms with Crippen LogP contribution in [0.4, 0.5) is 0 Å². The van der Waals surface area contributed by atoms with E-state index in [1.165, 1.54) is 11.1 Å². The Morgan fingerprint density at radius 2 is 1.25 bits per heavy atom. The average molecular weight is 1200 g/mol. The number of aliphatic hydroxyl groups excluding tert-OH is 15. The van der Waals surface area contributed by atoms with Crippen molar-refractivity contribution in [1.29, 1.82) is 0 Å². The maximum atomic E-state index is 11.5. The molecular weight excluding hydrogens is 1100 g/mol. The Morgan fingerprint density at radius 3 is 1.92 bits per heavy atom. The Bertz CT molecular complexity index is 2250. The number of ether oxygens (including phenoxy) is 11. The van der Waals surface area contributed by atoms with Crippen molar-refractivity contribution in [2.45, 2.75) is 251 Å². The van der Waals surface area contributed by atoms with Gasteiger partial charge in [-0.3, -0.25) is 0 Å². The number of aliphatic hydroxyl groups is 16. The fourth-order valence-electron chi connectivity index (χ4n) is 16.8. The summed E-state index contributed by atoms with van der Waals surface area (Å²) >= 11 is 0. The summed E-state index contributed by atoms with van der Waals surface area (Å²) in [6.45, 7) is 5.88. The van der Waals surface area contributed by atoms with E-state index in [1.807, 2.05) is 6.92 Å². The van der Waals surface area contributed by atoms with Crippen LogP contribution in [0.15, 0.2) is 11.1 Å². The van der Waals surface area contributed by atoms with Crippen LogP contribution in [0.5, 0.6) is 0 Å². The monoisotopic (exact) mass is 1200 g/mol. The van der Waals surface area contributed by atoms with E-state index in [1.54, 1.807) is 0 Å². The van der Waals surface area contributed by atoms with Gasteiger partial charge in [-0.1, -0.05) is 45.8 Å². The van der Waals surface area contributed by atoms with Crippen molar-refractivity contribution in [1.82, 2.24) is 0 Å². The van der Waals surface area contributed by atoms with Gasteiger partial charge in [-0.25, -0.2) is 0 Å². The summed E-state index contributed by atoms with van der Waals surface area (Å²) in [5, 5.41) is 176. The molecule has 10 aliphatic rings. The molecule has 83 heavy (non-hydrogen) atoms. The van der Waals surface area contributed by atoms with Gasteiger partial charge in [0.2, 0.25) is 0 Å². The SMILES string of the molecule is CC[C@H](O)[C@@H]1C[C@@H](C)[C@]2(CC[C@@]3(C)C4=C(CC[C@@]32C)[C@@]2(C)CC[C@H](O[C@@H]3O[C@H](CO[C@@H]5OC[C@H](O)[C@H](O)[C@H]5O[C@@H]5O[C@H](CO)[C@@H](O)[C@H](O[C@@H]6OC[C@H](O)[C@H](O)[C@H]6O)[C@H]5O[C@@H]5OC[C@](O)(CO)[C@H]5O)[C@@H](O)[C@H](O)[C@H]3O)C(CO)(CO)[C@@H]2CC4)O1. The molecular formula is C56H92O27. The van der Waals surface area contributed by atoms with E-state index >= 15 is 0 Å². The summed E-state index contributed by atoms with van der Waals surface area (Å²) in [6, 6.07) is 0. The molecule has 478 valence electrons. The first kappa shape index (κ1) is 64.6. The van der Waals surface area contributed by atoms with Gasteiger partial charge in [0.25, 0.3) is 0 Å². The molecule has 0 aromatic heterocycles. The summed E-state index contributed by atoms with van der Waals surface area (Å²) < 4.78 is 66.7. The quantitative estimate of drug-likeness (QED) is 0.0610. The third kappa shape index (κ3) is 10.5. The minimum Gasteiger partial charge on any atom is -0.396 e. The summed E-state index contributed by atoms with van der Waals surface area (Å²) in [4.78, 5) is 0. The second-order valence-corrected chi connectivity index (χ2v) is 26.3. The molecule has 2 saturated carbocycles. The Balaban J connectivity index is 0.858. The third-order valence-corrected chi connectivity index (χ3v) is 22.2. The van der Waals surface area contributed by atoms with Gasteiger partial charge in [-0.2, -0.15) is 0 Å². The van der Waals surface area contributed by atoms with Gasteiger partial charge in [0.05, 0.1) is 76.8 Å². The predicted octanol–water partition coefficient (Wildman–Crippen LogP) is -4.60. The maximum absolute atomic E-state index is 11.5. The van der Waals surface area contributed by atoms with E-state index < -0.39 is 205 Å². The van der Waals surface area contributed by atoms with Crippen LogP contribution in [0.3, 0.4) is 0 Å². The Kier molecular flexibility index (Phi) is 19.0. The summed E-state index contributed by atoms with van der Waals surface area (Å²) in [5.74, 6) is -0.0390. The largest absolute Gasteiger partial charge is 0.396 e. The Morgan fingerprint density at radius 1 is 0.602 bits per heavy atom. The smallest absolute Gasteiger partial charge is 0.187 e. The predicted molar refractivity (Wildman–Crippen MR) is 277 cm³/mol. The molecule has 0 aromatic carbocycles. The molecule has 30 atom stereocenters. The molecule has 0 amide bonds. The molecule has 0 radical (unpaired) electrons. The second kappa shape index (κ2) is 24.5. The average Bonchev–Trinajstić information content (AvgIpc) is 1.69. The van der Waals surface area contributed by atoms with Crippen molar-refractivity contribution in [3.05, 3.63) is 11.1 Å². The van der Waals surface area contributed by atoms with Crippen molar-refractivity contribution in [2.75, 3.05) is 52.9 Å². The molecule has 8 fully saturated rings. The zero-order valence-electron chi connectivity index (χ0n) is 47.8. The highest BCUT2D eigenvalue weighted by molar-refractivity contribution is 5.41. The molecule has 10 rings (SSSR count). The lowest BCUT2D eigenvalue weighted by Crippen LogP contribution is -2.66. The lowest BCUT2D eigenvalue weighted by molar-refractivity contribution is -0.393. The zero-order valence-corrected chi connectivity index (χ0v) is 47.8. The van der Waals surface area contributed by atoms with E-state index in [2.05, 4.69) is 27.7 Å². The third-order valence-electron chi connectivity index (χ3n) is 22.2. The molecule has 1 spiro atoms. The summed E-state index contributed by atoms with van der Waals surface area (Å²) in [5.41, 5.74) is -2.01. The molecule has 16 N–H and O–H groups in total. The van der Waals surface area contributed by atoms with Crippen molar-refractivity contribution in [3.63, 3.8) is 0 Å². The zero-order chi connectivity index (χ0) is 60.1. The number of hydrogen-bond acceptors (Lipinski definition) is 27. The number of fused-ring (bicyclic) bond motifs is 5. The fraction of sp³-hybridized carbons (Fsp3) is 0.964. The fourth-order valence-corrected chi connectivity index (χ4v) is 16.8. The lowest BCUT2D eigenvalue weighted by Gasteiger charge is -2.64. The van der Waals surface area contributed by atoms with E-state index in [9.17, 15) is 81.7 Å². The van der Waals surface area contributed by atoms with Gasteiger partial charge >= 0.3 is 0 Å². The molecule has 0 aromatic rings. The van der Waals surface area contributed by atoms with Crippen LogP contribution in [0.1, 0.15) is 98.8 Å². The number of rotatable bonds is 17. The Labute approximate surface area is 481 Å². The Hall–Kier alpha value is -1.34. The standard InChI is InChI=1S/C56H92O27/c1-6-27(61)30-15-24(2)56(83-30)14-13-52(4)26-7-8-33-51(3,25(26)9-12-53(52,56)5)11-10-34(54(33,20-58)21-59)79-47-41(70)39(68)37(66)32(78-47)19-75-48-43(36(65)29(63)18-74-48)81-49-44(82-50-45(71)55(72,22-60)23-76-50)42(38(67)31(16-57)77-49)80-46-40(69)35(64)28(62)17-73-46/h24,27-50,57-72H,6-23H2,1-5H3/t24-,27+,28+,29+,30+,31-,32-,33-,34+,35+,36+,37-,38-,39+,40-,41-,42+,43-,44-,45+,46+,47+,48+,49+,50+,51-,52+,53+,55-,56+/m1/s1. The van der Waals surface area contributed by atoms with Gasteiger partial charge in [-0.15, -0.1) is 0 Å². The number of hydrogen-bond donors (Lipinski definition) is 16. The van der Waals surface area contributed by atoms with Crippen LogP contribution in [-0.2, 0) is 52.1 Å². The van der Waals surface area contributed by atoms with E-state index in [0.717, 1.165) is 38.5 Å². The minimum atomic E-state index is -2.25. The normalized spacial score (nSPS) is 53.0. The molecule has 27 heteroatoms. The molecule has 6 saturated heterocycles. The van der Waals surface area contributed by atoms with Gasteiger partial charge in [0.15, 0.2) is 31.5 Å². The van der Waals surface area contributed by atoms with Crippen LogP contribution in [0, 0.1) is 33.5 Å². The van der Waals surface area contributed by atoms with E-state index in [4.69, 9.17) is 52.1 Å². The van der Waals surface area contributed by atoms with Gasteiger partial charge in [-0.05, 0) is 86.9 Å². The highest BCUT2D eigenvalue weighted by Gasteiger charge is 2.72. The molecule has 27 nitrogen and oxygen atoms in total. The first-order valence-corrected chi connectivity index (χ1v) is 29.7. The van der Waals surface area contributed by atoms with E-state index in [0.29, 0.717) is 25.7 Å². The van der Waals surface area contributed by atoms with Crippen molar-refractivity contribution >= 4 is 0 Å². The summed E-state index contributed by atoms with van der Waals surface area (Å²) in [7, 11) is 0. The molecule has 0 unspecified atom stereocenters. The van der Waals surface area contributed by atoms with Crippen molar-refractivity contribution < 1.29 is 134 Å². The first-order chi connectivity index (χ1) is 39.3. The maximum Gasteiger partial charge on any atom is 0.187 e. The highest BCUT2D eigenvalue weighted by Crippen LogP contribution is 2.75. The molecule has 4 aliphatic carbocycles. The van der Waals surface area contributed by atoms with Gasteiger partial charge < -0.3 is 134 Å². The molecule has 6 aliphatic heterocycles. The van der Waals surface area contributed by atoms with Gasteiger partial charge in [0.1, 0.15) is 97.2 Å². The lowest BCUT2D eigenvalue weighted by atomic mass is 9.42. The van der Waals surface area contributed by atoms with E-state index in [-0.39, 0.29) is 34.4 Å².